The Labute approximate surface area is 114 Å². The molecule has 0 aliphatic carbocycles. The summed E-state index contributed by atoms with van der Waals surface area (Å²) in [5.41, 5.74) is 4.11. The van der Waals surface area contributed by atoms with Gasteiger partial charge < -0.3 is 9.47 Å². The van der Waals surface area contributed by atoms with E-state index in [1.54, 1.807) is 0 Å². The van der Waals surface area contributed by atoms with Crippen LogP contribution in [-0.4, -0.2) is 25.7 Å². The molecule has 0 bridgehead atoms. The number of hydrazine groups is 1. The zero-order valence-electron chi connectivity index (χ0n) is 11.4. The van der Waals surface area contributed by atoms with Crippen molar-refractivity contribution in [3.8, 4) is 0 Å². The molecule has 0 spiro atoms. The molecule has 0 aliphatic heterocycles. The van der Waals surface area contributed by atoms with Crippen molar-refractivity contribution in [1.29, 1.82) is 0 Å². The molecule has 0 saturated carbocycles. The van der Waals surface area contributed by atoms with Crippen LogP contribution in [0.1, 0.15) is 24.5 Å². The highest BCUT2D eigenvalue weighted by Crippen LogP contribution is 2.06. The van der Waals surface area contributed by atoms with Crippen LogP contribution in [0, 0.1) is 0 Å². The maximum absolute atomic E-state index is 11.1. The number of nitrogens with two attached hydrogens (primary N) is 1. The number of nitrogens with one attached hydrogen (secondary N) is 1. The molecule has 0 aromatic heterocycles. The second-order valence-corrected chi connectivity index (χ2v) is 4.23. The molecule has 3 N–H and O–H groups in total. The van der Waals surface area contributed by atoms with Gasteiger partial charge in [0, 0.05) is 6.61 Å². The maximum atomic E-state index is 11.1. The lowest BCUT2D eigenvalue weighted by molar-refractivity contribution is -0.120. The van der Waals surface area contributed by atoms with Crippen LogP contribution >= 0.6 is 0 Å². The van der Waals surface area contributed by atoms with Gasteiger partial charge in [-0.15, -0.1) is 0 Å². The van der Waals surface area contributed by atoms with E-state index in [0.29, 0.717) is 26.2 Å². The first-order valence-corrected chi connectivity index (χ1v) is 6.49. The van der Waals surface area contributed by atoms with Crippen molar-refractivity contribution in [3.63, 3.8) is 0 Å². The molecule has 0 atom stereocenters. The fourth-order valence-corrected chi connectivity index (χ4v) is 1.54. The van der Waals surface area contributed by atoms with Crippen LogP contribution in [0.15, 0.2) is 24.3 Å². The molecule has 0 aliphatic rings. The highest BCUT2D eigenvalue weighted by Gasteiger charge is 2.01. The van der Waals surface area contributed by atoms with Gasteiger partial charge in [0.25, 0.3) is 0 Å². The zero-order valence-corrected chi connectivity index (χ0v) is 11.4. The number of amides is 1. The summed E-state index contributed by atoms with van der Waals surface area (Å²) in [6.45, 7) is 4.63. The second kappa shape index (κ2) is 9.49. The molecule has 0 saturated heterocycles. The van der Waals surface area contributed by atoms with Crippen molar-refractivity contribution < 1.29 is 14.3 Å². The molecular formula is C14H22N2O3. The second-order valence-electron chi connectivity index (χ2n) is 4.23. The Balaban J connectivity index is 2.22. The average Bonchev–Trinajstić information content (AvgIpc) is 2.44. The molecule has 1 rings (SSSR count). The summed E-state index contributed by atoms with van der Waals surface area (Å²) in [5, 5.41) is 0. The van der Waals surface area contributed by atoms with Crippen LogP contribution < -0.4 is 11.3 Å². The lowest BCUT2D eigenvalue weighted by Crippen LogP contribution is -2.31. The molecule has 0 unspecified atom stereocenters. The van der Waals surface area contributed by atoms with Crippen molar-refractivity contribution in [2.45, 2.75) is 26.4 Å². The first-order valence-electron chi connectivity index (χ1n) is 6.49. The fourth-order valence-electron chi connectivity index (χ4n) is 1.54. The Morgan fingerprint density at radius 3 is 2.37 bits per heavy atom. The van der Waals surface area contributed by atoms with E-state index in [0.717, 1.165) is 24.2 Å². The third-order valence-corrected chi connectivity index (χ3v) is 2.54. The minimum absolute atomic E-state index is 0.197. The van der Waals surface area contributed by atoms with Gasteiger partial charge in [0.15, 0.2) is 0 Å². The number of carbonyl (C=O) groups is 1. The number of hydrogen-bond donors (Lipinski definition) is 2. The number of benzene rings is 1. The van der Waals surface area contributed by atoms with Gasteiger partial charge in [0.05, 0.1) is 26.2 Å². The third kappa shape index (κ3) is 6.91. The molecule has 0 fully saturated rings. The first kappa shape index (κ1) is 15.6. The Morgan fingerprint density at radius 1 is 1.11 bits per heavy atom. The molecule has 0 radical (unpaired) electrons. The molecule has 1 amide bonds. The van der Waals surface area contributed by atoms with Crippen molar-refractivity contribution in [2.75, 3.05) is 19.8 Å². The van der Waals surface area contributed by atoms with E-state index in [1.165, 1.54) is 0 Å². The van der Waals surface area contributed by atoms with Crippen LogP contribution in [0.3, 0.4) is 0 Å². The molecule has 1 aromatic rings. The van der Waals surface area contributed by atoms with Crippen LogP contribution in [0.25, 0.3) is 0 Å². The lowest BCUT2D eigenvalue weighted by atomic mass is 10.1. The quantitative estimate of drug-likeness (QED) is 0.304. The van der Waals surface area contributed by atoms with Crippen molar-refractivity contribution in [1.82, 2.24) is 5.43 Å². The van der Waals surface area contributed by atoms with Gasteiger partial charge in [-0.2, -0.15) is 0 Å². The third-order valence-electron chi connectivity index (χ3n) is 2.54. The zero-order chi connectivity index (χ0) is 13.9. The van der Waals surface area contributed by atoms with E-state index >= 15 is 0 Å². The van der Waals surface area contributed by atoms with E-state index in [4.69, 9.17) is 15.3 Å². The van der Waals surface area contributed by atoms with Crippen LogP contribution in [-0.2, 0) is 27.3 Å². The largest absolute Gasteiger partial charge is 0.379 e. The molecule has 5 nitrogen and oxygen atoms in total. The van der Waals surface area contributed by atoms with Gasteiger partial charge in [0.1, 0.15) is 0 Å². The number of carbonyl (C=O) groups excluding carboxylic acids is 1. The Bertz CT molecular complexity index is 365. The summed E-state index contributed by atoms with van der Waals surface area (Å²) < 4.78 is 10.8. The highest BCUT2D eigenvalue weighted by atomic mass is 16.5. The average molecular weight is 266 g/mol. The number of hydrogen-bond acceptors (Lipinski definition) is 4. The van der Waals surface area contributed by atoms with Gasteiger partial charge in [-0.25, -0.2) is 5.84 Å². The summed E-state index contributed by atoms with van der Waals surface area (Å²) in [6, 6.07) is 7.71. The van der Waals surface area contributed by atoms with Gasteiger partial charge in [-0.3, -0.25) is 10.2 Å². The van der Waals surface area contributed by atoms with E-state index < -0.39 is 0 Å². The van der Waals surface area contributed by atoms with Crippen LogP contribution in [0.4, 0.5) is 0 Å². The van der Waals surface area contributed by atoms with Crippen LogP contribution in [0.2, 0.25) is 0 Å². The summed E-state index contributed by atoms with van der Waals surface area (Å²) in [7, 11) is 0. The Morgan fingerprint density at radius 2 is 1.74 bits per heavy atom. The number of rotatable bonds is 9. The summed E-state index contributed by atoms with van der Waals surface area (Å²) in [4.78, 5) is 11.1. The normalized spacial score (nSPS) is 10.4. The Kier molecular flexibility index (Phi) is 7.81. The highest BCUT2D eigenvalue weighted by molar-refractivity contribution is 5.77. The van der Waals surface area contributed by atoms with E-state index in [1.807, 2.05) is 24.3 Å². The fraction of sp³-hybridized carbons (Fsp3) is 0.500. The smallest absolute Gasteiger partial charge is 0.238 e. The maximum Gasteiger partial charge on any atom is 0.238 e. The van der Waals surface area contributed by atoms with Crippen molar-refractivity contribution in [2.24, 2.45) is 5.84 Å². The molecule has 1 aromatic carbocycles. The van der Waals surface area contributed by atoms with Crippen molar-refractivity contribution >= 4 is 5.91 Å². The molecule has 106 valence electrons. The molecule has 5 heteroatoms. The summed E-state index contributed by atoms with van der Waals surface area (Å²) >= 11 is 0. The SMILES string of the molecule is CCCOCCOCc1ccc(CC(=O)NN)cc1. The van der Waals surface area contributed by atoms with E-state index in [2.05, 4.69) is 12.3 Å². The van der Waals surface area contributed by atoms with Gasteiger partial charge in [0.2, 0.25) is 5.91 Å². The van der Waals surface area contributed by atoms with Crippen molar-refractivity contribution in [3.05, 3.63) is 35.4 Å². The number of ether oxygens (including phenoxy) is 2. The minimum Gasteiger partial charge on any atom is -0.379 e. The first-order chi connectivity index (χ1) is 9.26. The molecule has 0 heterocycles. The van der Waals surface area contributed by atoms with Crippen LogP contribution in [0.5, 0.6) is 0 Å². The molecule has 19 heavy (non-hydrogen) atoms. The standard InChI is InChI=1S/C14H22N2O3/c1-2-7-18-8-9-19-11-13-5-3-12(4-6-13)10-14(17)16-15/h3-6H,2,7-11,15H2,1H3,(H,16,17). The topological polar surface area (TPSA) is 73.6 Å². The van der Waals surface area contributed by atoms with E-state index in [-0.39, 0.29) is 5.91 Å². The predicted molar refractivity (Wildman–Crippen MR) is 73.2 cm³/mol. The predicted octanol–water partition coefficient (Wildman–Crippen LogP) is 1.16. The summed E-state index contributed by atoms with van der Waals surface area (Å²) in [6.07, 6.45) is 1.32. The molecular weight excluding hydrogens is 244 g/mol. The van der Waals surface area contributed by atoms with E-state index in [9.17, 15) is 4.79 Å². The summed E-state index contributed by atoms with van der Waals surface area (Å²) in [5.74, 6) is 4.84. The van der Waals surface area contributed by atoms with Gasteiger partial charge in [-0.05, 0) is 17.5 Å². The van der Waals surface area contributed by atoms with Gasteiger partial charge in [-0.1, -0.05) is 31.2 Å². The lowest BCUT2D eigenvalue weighted by Gasteiger charge is -2.06. The Hall–Kier alpha value is -1.43. The van der Waals surface area contributed by atoms with Gasteiger partial charge >= 0.3 is 0 Å². The minimum atomic E-state index is -0.197. The monoisotopic (exact) mass is 266 g/mol.